The summed E-state index contributed by atoms with van der Waals surface area (Å²) in [5, 5.41) is 25.3. The SMILES string of the molecule is CC(=N)N1CCN(C)C(C(=O)N2CC(NC(=O)C(O)CCc3ccccc3)CC2C(=O)Nc2cnc3ccccc3c2)C1. The number of hydrogen-bond acceptors (Lipinski definition) is 7. The number of para-hydroxylation sites is 1. The van der Waals surface area contributed by atoms with Gasteiger partial charge in [-0.15, -0.1) is 0 Å². The third-order valence-electron chi connectivity index (χ3n) is 8.35. The molecule has 2 aromatic carbocycles. The van der Waals surface area contributed by atoms with Crippen LogP contribution in [-0.2, 0) is 20.8 Å². The topological polar surface area (TPSA) is 142 Å². The number of benzene rings is 2. The first kappa shape index (κ1) is 30.1. The number of nitrogens with one attached hydrogen (secondary N) is 3. The standard InChI is InChI=1S/C32H39N7O4/c1-21(33)38-15-14-37(2)28(20-38)32(43)39-19-25(36-31(42)29(40)13-12-22-8-4-3-5-9-22)17-27(39)30(41)35-24-16-23-10-6-7-11-26(23)34-18-24/h3-11,16,18,25,27-29,33,40H,12-15,17,19-20H2,1-2H3,(H,35,41)(H,36,42). The maximum absolute atomic E-state index is 14.0. The van der Waals surface area contributed by atoms with Gasteiger partial charge in [0.15, 0.2) is 0 Å². The Morgan fingerprint density at radius 1 is 1.05 bits per heavy atom. The van der Waals surface area contributed by atoms with Crippen molar-refractivity contribution < 1.29 is 19.5 Å². The number of aryl methyl sites for hydroxylation is 1. The van der Waals surface area contributed by atoms with E-state index < -0.39 is 30.1 Å². The van der Waals surface area contributed by atoms with Crippen LogP contribution in [0.2, 0.25) is 0 Å². The van der Waals surface area contributed by atoms with Crippen molar-refractivity contribution in [2.75, 3.05) is 38.5 Å². The molecule has 0 bridgehead atoms. The molecule has 2 fully saturated rings. The number of carbonyl (C=O) groups excluding carboxylic acids is 3. The molecule has 0 radical (unpaired) electrons. The first-order chi connectivity index (χ1) is 20.7. The van der Waals surface area contributed by atoms with Gasteiger partial charge in [0.2, 0.25) is 17.7 Å². The Kier molecular flexibility index (Phi) is 9.32. The van der Waals surface area contributed by atoms with Crippen molar-refractivity contribution in [2.24, 2.45) is 0 Å². The lowest BCUT2D eigenvalue weighted by atomic mass is 10.1. The number of anilines is 1. The lowest BCUT2D eigenvalue weighted by Crippen LogP contribution is -2.60. The van der Waals surface area contributed by atoms with Gasteiger partial charge in [-0.2, -0.15) is 0 Å². The van der Waals surface area contributed by atoms with Gasteiger partial charge in [0.1, 0.15) is 18.2 Å². The Morgan fingerprint density at radius 3 is 2.56 bits per heavy atom. The van der Waals surface area contributed by atoms with Crippen LogP contribution in [0.5, 0.6) is 0 Å². The largest absolute Gasteiger partial charge is 0.383 e. The summed E-state index contributed by atoms with van der Waals surface area (Å²) in [4.78, 5) is 50.4. The van der Waals surface area contributed by atoms with Crippen LogP contribution in [0.4, 0.5) is 5.69 Å². The summed E-state index contributed by atoms with van der Waals surface area (Å²) in [6, 6.07) is 17.2. The molecule has 3 heterocycles. The normalized spacial score (nSPS) is 21.4. The maximum atomic E-state index is 14.0. The number of aliphatic hydroxyl groups excluding tert-OH is 1. The molecule has 0 spiro atoms. The maximum Gasteiger partial charge on any atom is 0.249 e. The summed E-state index contributed by atoms with van der Waals surface area (Å²) < 4.78 is 0. The molecule has 11 heteroatoms. The minimum atomic E-state index is -1.21. The van der Waals surface area contributed by atoms with Crippen LogP contribution >= 0.6 is 0 Å². The predicted molar refractivity (Wildman–Crippen MR) is 165 cm³/mol. The fourth-order valence-corrected chi connectivity index (χ4v) is 5.81. The average Bonchev–Trinajstić information content (AvgIpc) is 3.44. The molecule has 0 saturated carbocycles. The van der Waals surface area contributed by atoms with Crippen LogP contribution in [0.15, 0.2) is 66.9 Å². The van der Waals surface area contributed by atoms with E-state index >= 15 is 0 Å². The predicted octanol–water partition coefficient (Wildman–Crippen LogP) is 1.87. The zero-order valence-electron chi connectivity index (χ0n) is 24.6. The van der Waals surface area contributed by atoms with Gasteiger partial charge in [-0.3, -0.25) is 29.7 Å². The van der Waals surface area contributed by atoms with Crippen LogP contribution in [0.25, 0.3) is 10.9 Å². The number of fused-ring (bicyclic) bond motifs is 1. The Labute approximate surface area is 251 Å². The minimum absolute atomic E-state index is 0.137. The summed E-state index contributed by atoms with van der Waals surface area (Å²) >= 11 is 0. The number of hydrogen-bond donors (Lipinski definition) is 4. The lowest BCUT2D eigenvalue weighted by molar-refractivity contribution is -0.142. The van der Waals surface area contributed by atoms with Crippen molar-refractivity contribution in [3.63, 3.8) is 0 Å². The Hall–Kier alpha value is -4.35. The van der Waals surface area contributed by atoms with Crippen molar-refractivity contribution in [3.8, 4) is 0 Å². The summed E-state index contributed by atoms with van der Waals surface area (Å²) in [5.74, 6) is -0.731. The Balaban J connectivity index is 1.30. The van der Waals surface area contributed by atoms with Crippen LogP contribution < -0.4 is 10.6 Å². The summed E-state index contributed by atoms with van der Waals surface area (Å²) in [6.07, 6.45) is 1.39. The Bertz CT molecular complexity index is 1480. The number of likely N-dealkylation sites (N-methyl/N-ethyl adjacent to an activating group) is 1. The van der Waals surface area contributed by atoms with Gasteiger partial charge >= 0.3 is 0 Å². The molecule has 2 saturated heterocycles. The van der Waals surface area contributed by atoms with Crippen LogP contribution in [-0.4, -0.2) is 106 Å². The van der Waals surface area contributed by atoms with E-state index in [0.717, 1.165) is 16.5 Å². The molecule has 4 unspecified atom stereocenters. The number of aromatic nitrogens is 1. The van der Waals surface area contributed by atoms with Crippen LogP contribution in [0.3, 0.4) is 0 Å². The fraction of sp³-hybridized carbons (Fsp3) is 0.406. The summed E-state index contributed by atoms with van der Waals surface area (Å²) in [5.41, 5.74) is 2.34. The van der Waals surface area contributed by atoms with E-state index in [4.69, 9.17) is 5.41 Å². The minimum Gasteiger partial charge on any atom is -0.383 e. The molecule has 2 aliphatic heterocycles. The molecule has 226 valence electrons. The molecular weight excluding hydrogens is 546 g/mol. The summed E-state index contributed by atoms with van der Waals surface area (Å²) in [7, 11) is 1.87. The quantitative estimate of drug-likeness (QED) is 0.234. The number of pyridine rings is 1. The number of amidine groups is 1. The van der Waals surface area contributed by atoms with Crippen molar-refractivity contribution >= 4 is 40.1 Å². The third kappa shape index (κ3) is 7.18. The highest BCUT2D eigenvalue weighted by Gasteiger charge is 2.44. The van der Waals surface area contributed by atoms with E-state index in [1.165, 1.54) is 4.90 Å². The first-order valence-electron chi connectivity index (χ1n) is 14.7. The molecule has 1 aromatic heterocycles. The number of aliphatic hydroxyl groups is 1. The molecule has 3 amide bonds. The van der Waals surface area contributed by atoms with Gasteiger partial charge in [0.05, 0.1) is 23.2 Å². The molecule has 11 nitrogen and oxygen atoms in total. The molecule has 0 aliphatic carbocycles. The number of nitrogens with zero attached hydrogens (tertiary/aromatic N) is 4. The van der Waals surface area contributed by atoms with Gasteiger partial charge in [-0.25, -0.2) is 0 Å². The highest BCUT2D eigenvalue weighted by molar-refractivity contribution is 5.99. The molecular formula is C32H39N7O4. The zero-order valence-corrected chi connectivity index (χ0v) is 24.6. The lowest BCUT2D eigenvalue weighted by Gasteiger charge is -2.41. The van der Waals surface area contributed by atoms with Crippen molar-refractivity contribution in [1.29, 1.82) is 5.41 Å². The van der Waals surface area contributed by atoms with E-state index in [0.29, 0.717) is 37.6 Å². The molecule has 2 aliphatic rings. The van der Waals surface area contributed by atoms with Gasteiger partial charge in [-0.1, -0.05) is 48.5 Å². The first-order valence-corrected chi connectivity index (χ1v) is 14.7. The number of likely N-dealkylation sites (tertiary alicyclic amines) is 1. The van der Waals surface area contributed by atoms with E-state index in [9.17, 15) is 19.5 Å². The average molecular weight is 586 g/mol. The monoisotopic (exact) mass is 585 g/mol. The van der Waals surface area contributed by atoms with Gasteiger partial charge in [0, 0.05) is 37.6 Å². The second kappa shape index (κ2) is 13.3. The highest BCUT2D eigenvalue weighted by Crippen LogP contribution is 2.24. The smallest absolute Gasteiger partial charge is 0.249 e. The highest BCUT2D eigenvalue weighted by atomic mass is 16.3. The van der Waals surface area contributed by atoms with Gasteiger partial charge < -0.3 is 25.5 Å². The molecule has 3 aromatic rings. The molecule has 4 atom stereocenters. The van der Waals surface area contributed by atoms with Crippen LogP contribution in [0.1, 0.15) is 25.3 Å². The second-order valence-electron chi connectivity index (χ2n) is 11.4. The number of piperazine rings is 1. The molecule has 4 N–H and O–H groups in total. The number of carbonyl (C=O) groups is 3. The number of rotatable bonds is 8. The molecule has 43 heavy (non-hydrogen) atoms. The van der Waals surface area contributed by atoms with Crippen LogP contribution in [0, 0.1) is 5.41 Å². The van der Waals surface area contributed by atoms with Gasteiger partial charge in [-0.05, 0) is 50.9 Å². The van der Waals surface area contributed by atoms with E-state index in [1.807, 2.05) is 77.5 Å². The van der Waals surface area contributed by atoms with Crippen molar-refractivity contribution in [3.05, 3.63) is 72.4 Å². The fourth-order valence-electron chi connectivity index (χ4n) is 5.81. The molecule has 5 rings (SSSR count). The zero-order chi connectivity index (χ0) is 30.5. The van der Waals surface area contributed by atoms with Gasteiger partial charge in [0.25, 0.3) is 0 Å². The number of amides is 3. The van der Waals surface area contributed by atoms with E-state index in [1.54, 1.807) is 13.1 Å². The Morgan fingerprint density at radius 2 is 1.79 bits per heavy atom. The van der Waals surface area contributed by atoms with Crippen molar-refractivity contribution in [2.45, 2.75) is 50.4 Å². The van der Waals surface area contributed by atoms with E-state index in [-0.39, 0.29) is 31.2 Å². The van der Waals surface area contributed by atoms with Crippen molar-refractivity contribution in [1.82, 2.24) is 25.0 Å². The second-order valence-corrected chi connectivity index (χ2v) is 11.4. The third-order valence-corrected chi connectivity index (χ3v) is 8.35. The summed E-state index contributed by atoms with van der Waals surface area (Å²) in [6.45, 7) is 3.43. The van der Waals surface area contributed by atoms with E-state index in [2.05, 4.69) is 15.6 Å².